The van der Waals surface area contributed by atoms with Crippen LogP contribution >= 0.6 is 0 Å². The maximum absolute atomic E-state index is 10.9. The highest BCUT2D eigenvalue weighted by Gasteiger charge is 2.09. The van der Waals surface area contributed by atoms with Crippen LogP contribution in [-0.2, 0) is 6.54 Å². The third-order valence-electron chi connectivity index (χ3n) is 4.07. The minimum atomic E-state index is -0.379. The summed E-state index contributed by atoms with van der Waals surface area (Å²) in [4.78, 5) is 19.3. The molecule has 0 amide bonds. The zero-order valence-corrected chi connectivity index (χ0v) is 13.2. The molecule has 0 atom stereocenters. The first-order valence-corrected chi connectivity index (χ1v) is 7.79. The summed E-state index contributed by atoms with van der Waals surface area (Å²) in [7, 11) is 0. The van der Waals surface area contributed by atoms with Crippen molar-refractivity contribution in [2.75, 3.05) is 0 Å². The lowest BCUT2D eigenvalue weighted by molar-refractivity contribution is -0.384. The Morgan fingerprint density at radius 1 is 1.04 bits per heavy atom. The molecule has 0 aliphatic rings. The average Bonchev–Trinajstić information content (AvgIpc) is 3.05. The van der Waals surface area contributed by atoms with E-state index in [1.54, 1.807) is 18.3 Å². The van der Waals surface area contributed by atoms with Crippen molar-refractivity contribution in [2.24, 2.45) is 0 Å². The molecule has 0 aliphatic heterocycles. The zero-order chi connectivity index (χ0) is 17.2. The predicted octanol–water partition coefficient (Wildman–Crippen LogP) is 4.05. The number of nitrogens with zero attached hydrogens (tertiary/aromatic N) is 4. The Morgan fingerprint density at radius 2 is 1.96 bits per heavy atom. The van der Waals surface area contributed by atoms with E-state index in [4.69, 9.17) is 0 Å². The predicted molar refractivity (Wildman–Crippen MR) is 95.2 cm³/mol. The lowest BCUT2D eigenvalue weighted by atomic mass is 10.1. The number of aromatic nitrogens is 3. The Bertz CT molecular complexity index is 1060. The standard InChI is InChI=1S/C19H14N4O2/c24-23(25)18-5-1-3-14(9-18)13-22-8-6-15-10-17(12-21-19(15)22)16-4-2-7-20-11-16/h1-12H,13H2. The lowest BCUT2D eigenvalue weighted by Crippen LogP contribution is -2.00. The first-order valence-electron chi connectivity index (χ1n) is 7.79. The topological polar surface area (TPSA) is 73.8 Å². The van der Waals surface area contributed by atoms with Crippen LogP contribution < -0.4 is 0 Å². The van der Waals surface area contributed by atoms with Gasteiger partial charge in [-0.25, -0.2) is 4.98 Å². The molecule has 4 rings (SSSR count). The lowest BCUT2D eigenvalue weighted by Gasteiger charge is -2.06. The van der Waals surface area contributed by atoms with Gasteiger partial charge in [-0.3, -0.25) is 15.1 Å². The smallest absolute Gasteiger partial charge is 0.269 e. The third kappa shape index (κ3) is 2.97. The molecule has 25 heavy (non-hydrogen) atoms. The van der Waals surface area contributed by atoms with Gasteiger partial charge in [-0.1, -0.05) is 18.2 Å². The molecule has 6 nitrogen and oxygen atoms in total. The van der Waals surface area contributed by atoms with Crippen LogP contribution in [0.4, 0.5) is 5.69 Å². The third-order valence-corrected chi connectivity index (χ3v) is 4.07. The van der Waals surface area contributed by atoms with Gasteiger partial charge in [-0.05, 0) is 23.8 Å². The molecule has 0 N–H and O–H groups in total. The van der Waals surface area contributed by atoms with Crippen LogP contribution in [0.2, 0.25) is 0 Å². The number of hydrogen-bond donors (Lipinski definition) is 0. The minimum Gasteiger partial charge on any atom is -0.328 e. The molecule has 122 valence electrons. The van der Waals surface area contributed by atoms with E-state index in [0.29, 0.717) is 6.54 Å². The van der Waals surface area contributed by atoms with Gasteiger partial charge in [0.15, 0.2) is 0 Å². The number of benzene rings is 1. The molecule has 0 fully saturated rings. The Labute approximate surface area is 143 Å². The molecule has 0 aliphatic carbocycles. The summed E-state index contributed by atoms with van der Waals surface area (Å²) in [6, 6.07) is 14.6. The van der Waals surface area contributed by atoms with Gasteiger partial charge in [-0.2, -0.15) is 0 Å². The average molecular weight is 330 g/mol. The molecule has 0 saturated heterocycles. The van der Waals surface area contributed by atoms with Gasteiger partial charge in [0.2, 0.25) is 0 Å². The number of fused-ring (bicyclic) bond motifs is 1. The number of pyridine rings is 2. The maximum Gasteiger partial charge on any atom is 0.269 e. The van der Waals surface area contributed by atoms with Crippen molar-refractivity contribution in [1.82, 2.24) is 14.5 Å². The fourth-order valence-electron chi connectivity index (χ4n) is 2.86. The highest BCUT2D eigenvalue weighted by atomic mass is 16.6. The largest absolute Gasteiger partial charge is 0.328 e. The highest BCUT2D eigenvalue weighted by molar-refractivity contribution is 5.81. The number of nitro groups is 1. The van der Waals surface area contributed by atoms with Gasteiger partial charge >= 0.3 is 0 Å². The Kier molecular flexibility index (Phi) is 3.70. The molecular formula is C19H14N4O2. The van der Waals surface area contributed by atoms with E-state index in [9.17, 15) is 10.1 Å². The molecule has 3 heterocycles. The highest BCUT2D eigenvalue weighted by Crippen LogP contribution is 2.23. The molecule has 3 aromatic heterocycles. The Hall–Kier alpha value is -3.54. The molecule has 6 heteroatoms. The fraction of sp³-hybridized carbons (Fsp3) is 0.0526. The van der Waals surface area contributed by atoms with E-state index in [1.807, 2.05) is 47.4 Å². The van der Waals surface area contributed by atoms with Crippen LogP contribution in [0.15, 0.2) is 73.3 Å². The normalized spacial score (nSPS) is 10.9. The number of hydrogen-bond acceptors (Lipinski definition) is 4. The molecule has 4 aromatic rings. The van der Waals surface area contributed by atoms with Crippen LogP contribution in [0.5, 0.6) is 0 Å². The first kappa shape index (κ1) is 15.0. The van der Waals surface area contributed by atoms with E-state index in [-0.39, 0.29) is 10.6 Å². The number of non-ortho nitro benzene ring substituents is 1. The Balaban J connectivity index is 1.68. The van der Waals surface area contributed by atoms with Gasteiger partial charge < -0.3 is 4.57 Å². The summed E-state index contributed by atoms with van der Waals surface area (Å²) in [6.45, 7) is 0.532. The molecule has 1 aromatic carbocycles. The maximum atomic E-state index is 10.9. The molecule has 0 radical (unpaired) electrons. The fourth-order valence-corrected chi connectivity index (χ4v) is 2.86. The van der Waals surface area contributed by atoms with Crippen LogP contribution in [0, 0.1) is 10.1 Å². The number of rotatable bonds is 4. The summed E-state index contributed by atoms with van der Waals surface area (Å²) < 4.78 is 1.99. The second kappa shape index (κ2) is 6.16. The molecule has 0 saturated carbocycles. The molecule has 0 bridgehead atoms. The second-order valence-corrected chi connectivity index (χ2v) is 5.75. The van der Waals surface area contributed by atoms with E-state index in [2.05, 4.69) is 16.0 Å². The van der Waals surface area contributed by atoms with E-state index < -0.39 is 0 Å². The van der Waals surface area contributed by atoms with Gasteiger partial charge in [-0.15, -0.1) is 0 Å². The molecule has 0 unspecified atom stereocenters. The molecular weight excluding hydrogens is 316 g/mol. The SMILES string of the molecule is O=[N+]([O-])c1cccc(Cn2ccc3cc(-c4cccnc4)cnc32)c1. The summed E-state index contributed by atoms with van der Waals surface area (Å²) in [6.07, 6.45) is 7.32. The van der Waals surface area contributed by atoms with Crippen molar-refractivity contribution in [3.8, 4) is 11.1 Å². The van der Waals surface area contributed by atoms with Gasteiger partial charge in [0.25, 0.3) is 5.69 Å². The van der Waals surface area contributed by atoms with Gasteiger partial charge in [0.05, 0.1) is 4.92 Å². The van der Waals surface area contributed by atoms with E-state index in [1.165, 1.54) is 6.07 Å². The minimum absolute atomic E-state index is 0.0979. The van der Waals surface area contributed by atoms with Crippen molar-refractivity contribution >= 4 is 16.7 Å². The van der Waals surface area contributed by atoms with Crippen LogP contribution in [-0.4, -0.2) is 19.5 Å². The van der Waals surface area contributed by atoms with Gasteiger partial charge in [0, 0.05) is 60.0 Å². The van der Waals surface area contributed by atoms with Crippen molar-refractivity contribution in [3.63, 3.8) is 0 Å². The Morgan fingerprint density at radius 3 is 2.76 bits per heavy atom. The monoisotopic (exact) mass is 330 g/mol. The van der Waals surface area contributed by atoms with Crippen molar-refractivity contribution < 1.29 is 4.92 Å². The molecule has 0 spiro atoms. The van der Waals surface area contributed by atoms with E-state index in [0.717, 1.165) is 27.7 Å². The first-order chi connectivity index (χ1) is 12.2. The van der Waals surface area contributed by atoms with Crippen LogP contribution in [0.3, 0.4) is 0 Å². The number of nitro benzene ring substituents is 1. The zero-order valence-electron chi connectivity index (χ0n) is 13.2. The summed E-state index contributed by atoms with van der Waals surface area (Å²) in [5.41, 5.74) is 3.84. The second-order valence-electron chi connectivity index (χ2n) is 5.75. The quantitative estimate of drug-likeness (QED) is 0.418. The van der Waals surface area contributed by atoms with Crippen LogP contribution in [0.25, 0.3) is 22.2 Å². The summed E-state index contributed by atoms with van der Waals surface area (Å²) in [5, 5.41) is 11.9. The van der Waals surface area contributed by atoms with Gasteiger partial charge in [0.1, 0.15) is 5.65 Å². The van der Waals surface area contributed by atoms with E-state index >= 15 is 0 Å². The van der Waals surface area contributed by atoms with Crippen molar-refractivity contribution in [3.05, 3.63) is 89.0 Å². The van der Waals surface area contributed by atoms with Crippen LogP contribution in [0.1, 0.15) is 5.56 Å². The van der Waals surface area contributed by atoms with Crippen molar-refractivity contribution in [2.45, 2.75) is 6.54 Å². The summed E-state index contributed by atoms with van der Waals surface area (Å²) in [5.74, 6) is 0. The van der Waals surface area contributed by atoms with Crippen molar-refractivity contribution in [1.29, 1.82) is 0 Å². The summed E-state index contributed by atoms with van der Waals surface area (Å²) >= 11 is 0.